The van der Waals surface area contributed by atoms with Crippen molar-refractivity contribution in [2.45, 2.75) is 19.8 Å². The molecule has 1 rings (SSSR count). The number of hydrogen-bond acceptors (Lipinski definition) is 2. The average molecular weight is 156 g/mol. The minimum atomic E-state index is 0.531. The molecule has 0 spiro atoms. The fraction of sp³-hybridized carbons (Fsp3) is 0.778. The van der Waals surface area contributed by atoms with Gasteiger partial charge in [0.2, 0.25) is 0 Å². The van der Waals surface area contributed by atoms with Crippen LogP contribution in [0, 0.1) is 5.92 Å². The van der Waals surface area contributed by atoms with Gasteiger partial charge in [-0.15, -0.1) is 0 Å². The van der Waals surface area contributed by atoms with E-state index in [-0.39, 0.29) is 0 Å². The fourth-order valence-corrected chi connectivity index (χ4v) is 1.32. The van der Waals surface area contributed by atoms with Crippen LogP contribution in [0.1, 0.15) is 19.8 Å². The molecule has 2 heteroatoms. The van der Waals surface area contributed by atoms with E-state index in [1.807, 2.05) is 6.92 Å². The molecule has 64 valence electrons. The molecule has 1 heterocycles. The van der Waals surface area contributed by atoms with Gasteiger partial charge < -0.3 is 9.47 Å². The second-order valence-electron chi connectivity index (χ2n) is 2.79. The Morgan fingerprint density at radius 2 is 2.18 bits per heavy atom. The van der Waals surface area contributed by atoms with E-state index in [0.29, 0.717) is 5.92 Å². The van der Waals surface area contributed by atoms with Gasteiger partial charge in [0.05, 0.1) is 12.4 Å². The molecule has 0 unspecified atom stereocenters. The highest BCUT2D eigenvalue weighted by Crippen LogP contribution is 2.22. The molecule has 1 saturated heterocycles. The first-order valence-corrected chi connectivity index (χ1v) is 4.24. The largest absolute Gasteiger partial charge is 0.499 e. The second-order valence-corrected chi connectivity index (χ2v) is 2.79. The average Bonchev–Trinajstić information content (AvgIpc) is 2.07. The molecular weight excluding hydrogens is 140 g/mol. The third-order valence-corrected chi connectivity index (χ3v) is 2.01. The lowest BCUT2D eigenvalue weighted by molar-refractivity contribution is 0.0548. The summed E-state index contributed by atoms with van der Waals surface area (Å²) in [6, 6.07) is 0. The van der Waals surface area contributed by atoms with Crippen LogP contribution in [0.2, 0.25) is 0 Å². The van der Waals surface area contributed by atoms with Crippen LogP contribution < -0.4 is 0 Å². The zero-order chi connectivity index (χ0) is 8.10. The maximum atomic E-state index is 5.33. The third kappa shape index (κ3) is 2.54. The fourth-order valence-electron chi connectivity index (χ4n) is 1.32. The van der Waals surface area contributed by atoms with E-state index >= 15 is 0 Å². The molecule has 0 atom stereocenters. The first kappa shape index (κ1) is 8.60. The Kier molecular flexibility index (Phi) is 3.43. The summed E-state index contributed by atoms with van der Waals surface area (Å²) in [5.41, 5.74) is 0. The van der Waals surface area contributed by atoms with Gasteiger partial charge in [-0.3, -0.25) is 0 Å². The molecule has 0 aliphatic carbocycles. The van der Waals surface area contributed by atoms with E-state index in [1.165, 1.54) is 0 Å². The minimum Gasteiger partial charge on any atom is -0.499 e. The summed E-state index contributed by atoms with van der Waals surface area (Å²) in [5, 5.41) is 0. The van der Waals surface area contributed by atoms with E-state index in [4.69, 9.17) is 9.47 Å². The van der Waals surface area contributed by atoms with Gasteiger partial charge in [0.15, 0.2) is 0 Å². The van der Waals surface area contributed by atoms with Crippen LogP contribution in [-0.4, -0.2) is 19.8 Å². The van der Waals surface area contributed by atoms with Gasteiger partial charge >= 0.3 is 0 Å². The quantitative estimate of drug-likeness (QED) is 0.581. The van der Waals surface area contributed by atoms with Gasteiger partial charge in [-0.1, -0.05) is 6.58 Å². The van der Waals surface area contributed by atoms with E-state index in [9.17, 15) is 0 Å². The van der Waals surface area contributed by atoms with E-state index in [2.05, 4.69) is 6.58 Å². The van der Waals surface area contributed by atoms with Crippen molar-refractivity contribution < 1.29 is 9.47 Å². The molecular formula is C9H16O2. The van der Waals surface area contributed by atoms with E-state index in [1.54, 1.807) is 0 Å². The zero-order valence-electron chi connectivity index (χ0n) is 7.14. The van der Waals surface area contributed by atoms with Crippen LogP contribution in [-0.2, 0) is 9.47 Å². The van der Waals surface area contributed by atoms with Crippen molar-refractivity contribution in [1.29, 1.82) is 0 Å². The first-order valence-electron chi connectivity index (χ1n) is 4.24. The van der Waals surface area contributed by atoms with Crippen molar-refractivity contribution in [2.75, 3.05) is 19.8 Å². The Balaban J connectivity index is 2.27. The predicted molar refractivity (Wildman–Crippen MR) is 44.3 cm³/mol. The molecule has 1 aliphatic rings. The lowest BCUT2D eigenvalue weighted by Gasteiger charge is -2.23. The summed E-state index contributed by atoms with van der Waals surface area (Å²) >= 11 is 0. The normalized spacial score (nSPS) is 19.7. The van der Waals surface area contributed by atoms with Gasteiger partial charge in [0.1, 0.15) is 0 Å². The van der Waals surface area contributed by atoms with Crippen LogP contribution in [0.15, 0.2) is 12.3 Å². The molecule has 11 heavy (non-hydrogen) atoms. The maximum absolute atomic E-state index is 5.33. The number of ether oxygens (including phenoxy) is 2. The molecule has 0 aromatic heterocycles. The van der Waals surface area contributed by atoms with Crippen molar-refractivity contribution >= 4 is 0 Å². The van der Waals surface area contributed by atoms with E-state index in [0.717, 1.165) is 38.4 Å². The van der Waals surface area contributed by atoms with Crippen molar-refractivity contribution in [1.82, 2.24) is 0 Å². The smallest absolute Gasteiger partial charge is 0.0920 e. The van der Waals surface area contributed by atoms with Gasteiger partial charge in [-0.25, -0.2) is 0 Å². The van der Waals surface area contributed by atoms with Crippen LogP contribution in [0.3, 0.4) is 0 Å². The molecule has 1 fully saturated rings. The number of hydrogen-bond donors (Lipinski definition) is 0. The van der Waals surface area contributed by atoms with Crippen LogP contribution >= 0.6 is 0 Å². The van der Waals surface area contributed by atoms with Crippen molar-refractivity contribution in [3.05, 3.63) is 12.3 Å². The summed E-state index contributed by atoms with van der Waals surface area (Å²) in [6.07, 6.45) is 2.14. The summed E-state index contributed by atoms with van der Waals surface area (Å²) in [6.45, 7) is 8.33. The van der Waals surface area contributed by atoms with Crippen molar-refractivity contribution in [3.8, 4) is 0 Å². The summed E-state index contributed by atoms with van der Waals surface area (Å²) in [5.74, 6) is 1.47. The molecule has 2 nitrogen and oxygen atoms in total. The first-order chi connectivity index (χ1) is 5.34. The topological polar surface area (TPSA) is 18.5 Å². The molecule has 0 saturated carbocycles. The van der Waals surface area contributed by atoms with Crippen molar-refractivity contribution in [2.24, 2.45) is 5.92 Å². The number of rotatable bonds is 3. The van der Waals surface area contributed by atoms with Gasteiger partial charge in [0.25, 0.3) is 0 Å². The Hall–Kier alpha value is -0.500. The van der Waals surface area contributed by atoms with Crippen LogP contribution in [0.5, 0.6) is 0 Å². The van der Waals surface area contributed by atoms with Gasteiger partial charge in [0, 0.05) is 19.1 Å². The molecule has 0 aromatic rings. The Bertz CT molecular complexity index is 126. The summed E-state index contributed by atoms with van der Waals surface area (Å²) in [4.78, 5) is 0. The van der Waals surface area contributed by atoms with Gasteiger partial charge in [-0.2, -0.15) is 0 Å². The highest BCUT2D eigenvalue weighted by Gasteiger charge is 2.17. The van der Waals surface area contributed by atoms with E-state index < -0.39 is 0 Å². The number of allylic oxidation sites excluding steroid dienone is 1. The molecule has 0 bridgehead atoms. The summed E-state index contributed by atoms with van der Waals surface area (Å²) in [7, 11) is 0. The van der Waals surface area contributed by atoms with Crippen molar-refractivity contribution in [3.63, 3.8) is 0 Å². The monoisotopic (exact) mass is 156 g/mol. The second kappa shape index (κ2) is 4.39. The Labute approximate surface area is 68.2 Å². The highest BCUT2D eigenvalue weighted by molar-refractivity contribution is 4.92. The third-order valence-electron chi connectivity index (χ3n) is 2.01. The molecule has 0 aromatic carbocycles. The lowest BCUT2D eigenvalue weighted by Crippen LogP contribution is -2.18. The summed E-state index contributed by atoms with van der Waals surface area (Å²) < 4.78 is 10.6. The highest BCUT2D eigenvalue weighted by atomic mass is 16.5. The van der Waals surface area contributed by atoms with Crippen LogP contribution in [0.4, 0.5) is 0 Å². The Morgan fingerprint density at radius 3 is 2.73 bits per heavy atom. The Morgan fingerprint density at radius 1 is 1.55 bits per heavy atom. The van der Waals surface area contributed by atoms with Crippen LogP contribution in [0.25, 0.3) is 0 Å². The minimum absolute atomic E-state index is 0.531. The zero-order valence-corrected chi connectivity index (χ0v) is 7.14. The molecule has 0 amide bonds. The molecule has 0 radical (unpaired) electrons. The maximum Gasteiger partial charge on any atom is 0.0920 e. The lowest BCUT2D eigenvalue weighted by atomic mass is 9.99. The predicted octanol–water partition coefficient (Wildman–Crippen LogP) is 1.96. The SMILES string of the molecule is C=C(OCC)C1CCOCC1. The molecule has 1 aliphatic heterocycles. The molecule has 0 N–H and O–H groups in total. The van der Waals surface area contributed by atoms with Gasteiger partial charge in [-0.05, 0) is 19.8 Å². The standard InChI is InChI=1S/C9H16O2/c1-3-11-8(2)9-4-6-10-7-5-9/h9H,2-7H2,1H3.